The number of hydrogen-bond donors (Lipinski definition) is 1. The highest BCUT2D eigenvalue weighted by molar-refractivity contribution is 9.09. The summed E-state index contributed by atoms with van der Waals surface area (Å²) in [5.41, 5.74) is 0.616. The van der Waals surface area contributed by atoms with Crippen molar-refractivity contribution in [2.75, 3.05) is 42.6 Å². The minimum atomic E-state index is -1.30. The SMILES string of the molecule is C=CCN(C(=O)[C@H]1[C@H]2C(=O)N(CCO)C(C(=O)N(CC=C)c3c(C)cccc3Cl)C23CC(Br)[C@@H]1O3)c1ccc(OCC)cc1. The molecule has 2 bridgehead atoms. The number of carbonyl (C=O) groups is 3. The summed E-state index contributed by atoms with van der Waals surface area (Å²) in [6, 6.07) is 11.4. The van der Waals surface area contributed by atoms with E-state index in [1.54, 1.807) is 53.5 Å². The zero-order valence-corrected chi connectivity index (χ0v) is 27.2. The van der Waals surface area contributed by atoms with Gasteiger partial charge in [-0.25, -0.2) is 0 Å². The number of amides is 3. The molecule has 6 atom stereocenters. The highest BCUT2D eigenvalue weighted by Gasteiger charge is 2.77. The number of aryl methyl sites for hydroxylation is 1. The second-order valence-corrected chi connectivity index (χ2v) is 12.8. The molecule has 3 aliphatic rings. The van der Waals surface area contributed by atoms with E-state index in [9.17, 15) is 19.5 Å². The van der Waals surface area contributed by atoms with Gasteiger partial charge in [0.15, 0.2) is 0 Å². The summed E-state index contributed by atoms with van der Waals surface area (Å²) in [6.07, 6.45) is 2.92. The fourth-order valence-electron chi connectivity index (χ4n) is 7.09. The molecule has 0 aromatic heterocycles. The molecule has 0 saturated carbocycles. The number of hydrogen-bond acceptors (Lipinski definition) is 6. The lowest BCUT2D eigenvalue weighted by molar-refractivity contribution is -0.141. The van der Waals surface area contributed by atoms with E-state index in [-0.39, 0.29) is 37.0 Å². The minimum absolute atomic E-state index is 0.0892. The molecule has 0 aliphatic carbocycles. The van der Waals surface area contributed by atoms with Crippen LogP contribution in [0.1, 0.15) is 18.9 Å². The highest BCUT2D eigenvalue weighted by Crippen LogP contribution is 2.60. The van der Waals surface area contributed by atoms with E-state index in [0.29, 0.717) is 35.2 Å². The van der Waals surface area contributed by atoms with Crippen LogP contribution in [0.5, 0.6) is 5.75 Å². The van der Waals surface area contributed by atoms with Gasteiger partial charge in [-0.05, 0) is 56.2 Å². The third-order valence-electron chi connectivity index (χ3n) is 8.72. The van der Waals surface area contributed by atoms with Crippen LogP contribution < -0.4 is 14.5 Å². The maximum Gasteiger partial charge on any atom is 0.253 e. The Morgan fingerprint density at radius 2 is 1.84 bits per heavy atom. The van der Waals surface area contributed by atoms with Crippen molar-refractivity contribution in [2.24, 2.45) is 11.8 Å². The molecule has 3 amide bonds. The molecule has 3 saturated heterocycles. The average molecular weight is 687 g/mol. The number of carbonyl (C=O) groups excluding carboxylic acids is 3. The zero-order chi connectivity index (χ0) is 31.8. The molecular weight excluding hydrogens is 650 g/mol. The number of anilines is 2. The van der Waals surface area contributed by atoms with Gasteiger partial charge in [-0.1, -0.05) is 51.8 Å². The van der Waals surface area contributed by atoms with Gasteiger partial charge in [0, 0.05) is 30.1 Å². The van der Waals surface area contributed by atoms with E-state index in [0.717, 1.165) is 5.56 Å². The number of aliphatic hydroxyl groups excluding tert-OH is 1. The lowest BCUT2D eigenvalue weighted by atomic mass is 9.70. The van der Waals surface area contributed by atoms with Crippen molar-refractivity contribution in [3.05, 3.63) is 78.4 Å². The Morgan fingerprint density at radius 3 is 2.45 bits per heavy atom. The van der Waals surface area contributed by atoms with Crippen LogP contribution in [-0.2, 0) is 19.1 Å². The normalized spacial score (nSPS) is 26.8. The Kier molecular flexibility index (Phi) is 9.55. The van der Waals surface area contributed by atoms with Crippen LogP contribution in [0, 0.1) is 18.8 Å². The standard InChI is InChI=1S/C33H37BrClN3O6/c1-5-15-36(21-11-13-22(14-12-21)43-7-3)30(40)25-26-31(41)38(17-18-39)29(33(26)19-23(34)28(25)44-33)32(42)37(16-6-2)27-20(4)9-8-10-24(27)35/h5-6,8-14,23,25-26,28-29,39H,1-2,7,15-19H2,3-4H3/t23?,25-,26-,28-,29?,33?/m0/s1. The molecule has 0 radical (unpaired) electrons. The number of benzene rings is 2. The molecule has 5 rings (SSSR count). The lowest BCUT2D eigenvalue weighted by Crippen LogP contribution is -2.57. The Labute approximate surface area is 271 Å². The molecule has 1 N–H and O–H groups in total. The van der Waals surface area contributed by atoms with Crippen molar-refractivity contribution in [1.82, 2.24) is 4.90 Å². The number of para-hydroxylation sites is 1. The van der Waals surface area contributed by atoms with Crippen molar-refractivity contribution >= 4 is 56.6 Å². The van der Waals surface area contributed by atoms with Crippen LogP contribution >= 0.6 is 27.5 Å². The van der Waals surface area contributed by atoms with Gasteiger partial charge in [0.2, 0.25) is 11.8 Å². The van der Waals surface area contributed by atoms with Gasteiger partial charge in [-0.15, -0.1) is 13.2 Å². The molecule has 2 aromatic carbocycles. The van der Waals surface area contributed by atoms with Crippen molar-refractivity contribution in [1.29, 1.82) is 0 Å². The molecule has 3 fully saturated rings. The van der Waals surface area contributed by atoms with E-state index in [2.05, 4.69) is 29.1 Å². The van der Waals surface area contributed by atoms with E-state index in [1.807, 2.05) is 19.9 Å². The largest absolute Gasteiger partial charge is 0.494 e. The van der Waals surface area contributed by atoms with Gasteiger partial charge in [0.1, 0.15) is 17.4 Å². The number of alkyl halides is 1. The third kappa shape index (κ3) is 5.25. The van der Waals surface area contributed by atoms with E-state index in [4.69, 9.17) is 21.1 Å². The summed E-state index contributed by atoms with van der Waals surface area (Å²) in [5, 5.41) is 10.4. The maximum atomic E-state index is 14.7. The van der Waals surface area contributed by atoms with Gasteiger partial charge >= 0.3 is 0 Å². The molecule has 3 heterocycles. The van der Waals surface area contributed by atoms with Gasteiger partial charge in [-0.2, -0.15) is 0 Å². The molecule has 234 valence electrons. The fraction of sp³-hybridized carbons (Fsp3) is 0.424. The van der Waals surface area contributed by atoms with Crippen LogP contribution in [0.25, 0.3) is 0 Å². The van der Waals surface area contributed by atoms with E-state index in [1.165, 1.54) is 9.80 Å². The molecule has 9 nitrogen and oxygen atoms in total. The molecular formula is C33H37BrClN3O6. The number of fused-ring (bicyclic) bond motifs is 1. The molecule has 2 aromatic rings. The number of halogens is 2. The monoisotopic (exact) mass is 685 g/mol. The summed E-state index contributed by atoms with van der Waals surface area (Å²) in [4.78, 5) is 47.6. The number of nitrogens with zero attached hydrogens (tertiary/aromatic N) is 3. The minimum Gasteiger partial charge on any atom is -0.494 e. The van der Waals surface area contributed by atoms with Crippen LogP contribution in [0.15, 0.2) is 67.8 Å². The zero-order valence-electron chi connectivity index (χ0n) is 24.8. The van der Waals surface area contributed by atoms with Gasteiger partial charge in [-0.3, -0.25) is 14.4 Å². The Morgan fingerprint density at radius 1 is 1.16 bits per heavy atom. The first-order chi connectivity index (χ1) is 21.1. The molecule has 1 spiro atoms. The molecule has 11 heteroatoms. The Hall–Kier alpha value is -3.18. The van der Waals surface area contributed by atoms with Crippen molar-refractivity contribution in [3.8, 4) is 5.75 Å². The number of ether oxygens (including phenoxy) is 2. The molecule has 44 heavy (non-hydrogen) atoms. The fourth-order valence-corrected chi connectivity index (χ4v) is 8.36. The second-order valence-electron chi connectivity index (χ2n) is 11.2. The summed E-state index contributed by atoms with van der Waals surface area (Å²) >= 11 is 10.3. The second kappa shape index (κ2) is 13.0. The van der Waals surface area contributed by atoms with Crippen molar-refractivity contribution in [2.45, 2.75) is 42.8 Å². The number of rotatable bonds is 12. The Balaban J connectivity index is 1.57. The predicted molar refractivity (Wildman–Crippen MR) is 173 cm³/mol. The topological polar surface area (TPSA) is 99.6 Å². The van der Waals surface area contributed by atoms with Crippen LogP contribution in [-0.4, -0.2) is 83.2 Å². The van der Waals surface area contributed by atoms with Gasteiger partial charge in [0.05, 0.1) is 41.9 Å². The summed E-state index contributed by atoms with van der Waals surface area (Å²) in [6.45, 7) is 11.8. The number of β-amino-alcohol motifs (C(OH)–C–C–N with tert-alkyl or cyclic N) is 1. The summed E-state index contributed by atoms with van der Waals surface area (Å²) in [7, 11) is 0. The average Bonchev–Trinajstić information content (AvgIpc) is 3.59. The first-order valence-electron chi connectivity index (χ1n) is 14.7. The first kappa shape index (κ1) is 32.2. The molecule has 3 unspecified atom stereocenters. The Bertz CT molecular complexity index is 1430. The number of likely N-dealkylation sites (tertiary alicyclic amines) is 1. The quantitative estimate of drug-likeness (QED) is 0.261. The molecule has 3 aliphatic heterocycles. The van der Waals surface area contributed by atoms with Crippen LogP contribution in [0.4, 0.5) is 11.4 Å². The van der Waals surface area contributed by atoms with Crippen LogP contribution in [0.3, 0.4) is 0 Å². The predicted octanol–water partition coefficient (Wildman–Crippen LogP) is 4.53. The third-order valence-corrected chi connectivity index (χ3v) is 9.87. The number of aliphatic hydroxyl groups is 1. The van der Waals surface area contributed by atoms with E-state index >= 15 is 0 Å². The van der Waals surface area contributed by atoms with Crippen molar-refractivity contribution < 1.29 is 29.0 Å². The van der Waals surface area contributed by atoms with Crippen LogP contribution in [0.2, 0.25) is 5.02 Å². The summed E-state index contributed by atoms with van der Waals surface area (Å²) in [5.74, 6) is -2.23. The van der Waals surface area contributed by atoms with Gasteiger partial charge < -0.3 is 29.3 Å². The highest BCUT2D eigenvalue weighted by atomic mass is 79.9. The van der Waals surface area contributed by atoms with E-state index < -0.39 is 41.4 Å². The van der Waals surface area contributed by atoms with Gasteiger partial charge in [0.25, 0.3) is 5.91 Å². The smallest absolute Gasteiger partial charge is 0.253 e. The maximum absolute atomic E-state index is 14.7. The van der Waals surface area contributed by atoms with Crippen molar-refractivity contribution in [3.63, 3.8) is 0 Å². The first-order valence-corrected chi connectivity index (χ1v) is 16.0. The summed E-state index contributed by atoms with van der Waals surface area (Å²) < 4.78 is 12.2. The lowest BCUT2D eigenvalue weighted by Gasteiger charge is -2.37.